The number of unbranched alkanes of at least 4 members (excludes halogenated alkanes) is 23. The molecule has 0 unspecified atom stereocenters. The van der Waals surface area contributed by atoms with Gasteiger partial charge in [0.1, 0.15) is 31.5 Å². The van der Waals surface area contributed by atoms with Crippen LogP contribution in [0.5, 0.6) is 0 Å². The van der Waals surface area contributed by atoms with E-state index in [0.29, 0.717) is 12.8 Å². The molecule has 1 saturated heterocycles. The van der Waals surface area contributed by atoms with Gasteiger partial charge in [0.05, 0.1) is 35.9 Å². The SMILES string of the molecule is CCCCCCCCCCCCC/C=C/[C@@H](OC(=O)c1ccccc1)[C@H](CO[C@H]1O[C@H](COCC(=O)O)[C@H](OCC(=O)O)[C@H](OC(=O)c2ccccc2)[C@H]1OC(=O)c1ccccc1)NC(=O)CCCCCCCCCCCCCCC. The van der Waals surface area contributed by atoms with E-state index in [0.717, 1.165) is 51.4 Å². The first kappa shape index (κ1) is 67.6. The van der Waals surface area contributed by atoms with Crippen molar-refractivity contribution in [3.05, 3.63) is 120 Å². The lowest BCUT2D eigenvalue weighted by molar-refractivity contribution is -0.308. The zero-order valence-electron chi connectivity index (χ0n) is 48.3. The van der Waals surface area contributed by atoms with Gasteiger partial charge in [0.25, 0.3) is 0 Å². The van der Waals surface area contributed by atoms with Gasteiger partial charge in [-0.05, 0) is 61.7 Å². The maximum absolute atomic E-state index is 14.1. The molecule has 3 N–H and O–H groups in total. The summed E-state index contributed by atoms with van der Waals surface area (Å²) in [6.45, 7) is 1.77. The Bertz CT molecular complexity index is 2230. The molecule has 0 saturated carbocycles. The number of esters is 3. The van der Waals surface area contributed by atoms with E-state index in [4.69, 9.17) is 33.2 Å². The van der Waals surface area contributed by atoms with Gasteiger partial charge in [-0.25, -0.2) is 24.0 Å². The van der Waals surface area contributed by atoms with Crippen molar-refractivity contribution in [3.63, 3.8) is 0 Å². The number of carboxylic acids is 2. The molecule has 1 aliphatic rings. The predicted octanol–water partition coefficient (Wildman–Crippen LogP) is 13.2. The fourth-order valence-corrected chi connectivity index (χ4v) is 9.75. The third kappa shape index (κ3) is 28.6. The molecule has 81 heavy (non-hydrogen) atoms. The summed E-state index contributed by atoms with van der Waals surface area (Å²) in [7, 11) is 0. The summed E-state index contributed by atoms with van der Waals surface area (Å²) in [5.41, 5.74) is 0.482. The third-order valence-electron chi connectivity index (χ3n) is 14.2. The van der Waals surface area contributed by atoms with Crippen LogP contribution in [0, 0.1) is 0 Å². The van der Waals surface area contributed by atoms with Crippen LogP contribution in [-0.2, 0) is 47.5 Å². The second-order valence-electron chi connectivity index (χ2n) is 21.1. The number of carbonyl (C=O) groups is 6. The minimum Gasteiger partial charge on any atom is -0.480 e. The van der Waals surface area contributed by atoms with Crippen LogP contribution in [-0.4, -0.2) is 115 Å². The fourth-order valence-electron chi connectivity index (χ4n) is 9.75. The summed E-state index contributed by atoms with van der Waals surface area (Å²) < 4.78 is 42.8. The van der Waals surface area contributed by atoms with Crippen LogP contribution in [0.4, 0.5) is 0 Å². The van der Waals surface area contributed by atoms with Crippen molar-refractivity contribution < 1.29 is 72.1 Å². The number of allylic oxidation sites excluding steroid dienone is 1. The molecule has 448 valence electrons. The van der Waals surface area contributed by atoms with Crippen molar-refractivity contribution in [1.29, 1.82) is 0 Å². The maximum Gasteiger partial charge on any atom is 0.338 e. The number of hydrogen-bond acceptors (Lipinski definition) is 13. The molecule has 4 rings (SSSR count). The molecule has 1 amide bonds. The number of amides is 1. The van der Waals surface area contributed by atoms with Crippen molar-refractivity contribution >= 4 is 35.8 Å². The van der Waals surface area contributed by atoms with E-state index in [-0.39, 0.29) is 29.0 Å². The first-order chi connectivity index (χ1) is 39.5. The summed E-state index contributed by atoms with van der Waals surface area (Å²) in [6.07, 6.45) is 23.3. The zero-order valence-corrected chi connectivity index (χ0v) is 48.3. The van der Waals surface area contributed by atoms with Gasteiger partial charge in [0.2, 0.25) is 5.91 Å². The van der Waals surface area contributed by atoms with Gasteiger partial charge in [0.15, 0.2) is 18.5 Å². The lowest BCUT2D eigenvalue weighted by atomic mass is 9.97. The quantitative estimate of drug-likeness (QED) is 0.0207. The Morgan fingerprint density at radius 1 is 0.519 bits per heavy atom. The van der Waals surface area contributed by atoms with Gasteiger partial charge in [-0.15, -0.1) is 0 Å². The van der Waals surface area contributed by atoms with E-state index in [1.165, 1.54) is 121 Å². The Balaban J connectivity index is 1.65. The Labute approximate surface area is 481 Å². The predicted molar refractivity (Wildman–Crippen MR) is 310 cm³/mol. The van der Waals surface area contributed by atoms with Crippen LogP contribution < -0.4 is 5.32 Å². The summed E-state index contributed by atoms with van der Waals surface area (Å²) in [5, 5.41) is 22.4. The number of nitrogens with one attached hydrogen (secondary N) is 1. The Morgan fingerprint density at radius 3 is 1.42 bits per heavy atom. The molecule has 7 atom stereocenters. The molecule has 3 aromatic rings. The van der Waals surface area contributed by atoms with Crippen LogP contribution in [0.15, 0.2) is 103 Å². The molecule has 0 bridgehead atoms. The van der Waals surface area contributed by atoms with E-state index < -0.39 is 99.1 Å². The maximum atomic E-state index is 14.1. The molecule has 3 aromatic carbocycles. The van der Waals surface area contributed by atoms with Gasteiger partial charge in [-0.3, -0.25) is 4.79 Å². The highest BCUT2D eigenvalue weighted by Crippen LogP contribution is 2.32. The molecule has 1 fully saturated rings. The first-order valence-electron chi connectivity index (χ1n) is 30.1. The summed E-state index contributed by atoms with van der Waals surface area (Å²) in [6, 6.07) is 23.2. The number of carbonyl (C=O) groups excluding carboxylic acids is 4. The number of aliphatic carboxylic acids is 2. The third-order valence-corrected chi connectivity index (χ3v) is 14.2. The molecule has 1 heterocycles. The monoisotopic (exact) mass is 1130 g/mol. The summed E-state index contributed by atoms with van der Waals surface area (Å²) in [5.74, 6) is -5.47. The molecular weight excluding hydrogens is 1030 g/mol. The number of benzene rings is 3. The summed E-state index contributed by atoms with van der Waals surface area (Å²) >= 11 is 0. The van der Waals surface area contributed by atoms with Gasteiger partial charge < -0.3 is 48.7 Å². The molecular formula is C65H93NO15. The van der Waals surface area contributed by atoms with E-state index in [2.05, 4.69) is 19.2 Å². The van der Waals surface area contributed by atoms with E-state index in [9.17, 15) is 39.0 Å². The van der Waals surface area contributed by atoms with Crippen LogP contribution in [0.1, 0.15) is 212 Å². The highest BCUT2D eigenvalue weighted by molar-refractivity contribution is 5.91. The van der Waals surface area contributed by atoms with E-state index >= 15 is 0 Å². The average Bonchev–Trinajstić information content (AvgIpc) is 3.63. The van der Waals surface area contributed by atoms with Gasteiger partial charge >= 0.3 is 29.8 Å². The zero-order chi connectivity index (χ0) is 58.1. The van der Waals surface area contributed by atoms with Crippen LogP contribution in [0.3, 0.4) is 0 Å². The van der Waals surface area contributed by atoms with Crippen LogP contribution in [0.2, 0.25) is 0 Å². The topological polar surface area (TPSA) is 220 Å². The van der Waals surface area contributed by atoms with Gasteiger partial charge in [-0.1, -0.05) is 216 Å². The molecule has 16 nitrogen and oxygen atoms in total. The highest BCUT2D eigenvalue weighted by atomic mass is 16.7. The molecule has 16 heteroatoms. The minimum atomic E-state index is -1.69. The standard InChI is InChI=1S/C65H93NO15/c1-3-5-7-9-11-13-15-17-19-21-23-25-36-44-54(78-62(72)50-38-30-27-31-39-50)53(66-56(67)45-37-26-24-22-20-18-16-14-12-10-8-6-4-2)46-77-65-61(81-64(74)52-42-34-29-35-43-52)60(80-63(73)51-40-32-28-33-41-51)59(76-49-58(70)71)55(79-65)47-75-48-57(68)69/h27-36,38-44,53-55,59-61,65H,3-26,37,45-49H2,1-2H3,(H,66,67)(H,68,69)(H,70,71)/b44-36+/t53-,54+,55+,59-,60-,61+,65-/m0/s1. The lowest BCUT2D eigenvalue weighted by Crippen LogP contribution is -2.63. The normalized spacial score (nSPS) is 17.7. The smallest absolute Gasteiger partial charge is 0.338 e. The van der Waals surface area contributed by atoms with Crippen molar-refractivity contribution in [2.24, 2.45) is 0 Å². The van der Waals surface area contributed by atoms with Crippen LogP contribution in [0.25, 0.3) is 0 Å². The second-order valence-corrected chi connectivity index (χ2v) is 21.1. The van der Waals surface area contributed by atoms with E-state index in [1.54, 1.807) is 72.8 Å². The first-order valence-corrected chi connectivity index (χ1v) is 30.1. The molecule has 1 aliphatic heterocycles. The number of hydrogen-bond donors (Lipinski definition) is 3. The van der Waals surface area contributed by atoms with Crippen molar-refractivity contribution in [1.82, 2.24) is 5.32 Å². The van der Waals surface area contributed by atoms with Gasteiger partial charge in [0, 0.05) is 6.42 Å². The van der Waals surface area contributed by atoms with Gasteiger partial charge in [-0.2, -0.15) is 0 Å². The Hall–Kier alpha value is -5.94. The largest absolute Gasteiger partial charge is 0.480 e. The number of ether oxygens (including phenoxy) is 7. The molecule has 0 radical (unpaired) electrons. The Morgan fingerprint density at radius 2 is 0.951 bits per heavy atom. The second kappa shape index (κ2) is 42.0. The van der Waals surface area contributed by atoms with Crippen molar-refractivity contribution in [2.45, 2.75) is 224 Å². The average molecular weight is 1130 g/mol. The fraction of sp³-hybridized carbons (Fsp3) is 0.600. The van der Waals surface area contributed by atoms with Crippen molar-refractivity contribution in [3.8, 4) is 0 Å². The molecule has 0 spiro atoms. The van der Waals surface area contributed by atoms with Crippen molar-refractivity contribution in [2.75, 3.05) is 26.4 Å². The molecule has 0 aromatic heterocycles. The number of rotatable bonds is 45. The van der Waals surface area contributed by atoms with Crippen LogP contribution >= 0.6 is 0 Å². The minimum absolute atomic E-state index is 0.0968. The Kier molecular flexibility index (Phi) is 35.0. The molecule has 0 aliphatic carbocycles. The number of carboxylic acid groups (broad SMARTS) is 2. The van der Waals surface area contributed by atoms with E-state index in [1.807, 2.05) is 6.08 Å². The summed E-state index contributed by atoms with van der Waals surface area (Å²) in [4.78, 5) is 79.8. The highest BCUT2D eigenvalue weighted by Gasteiger charge is 2.52. The lowest BCUT2D eigenvalue weighted by Gasteiger charge is -2.45.